The number of rotatable bonds is 2. The van der Waals surface area contributed by atoms with Crippen LogP contribution in [0.5, 0.6) is 0 Å². The Labute approximate surface area is 92.9 Å². The summed E-state index contributed by atoms with van der Waals surface area (Å²) >= 11 is 0. The first-order chi connectivity index (χ1) is 6.86. The van der Waals surface area contributed by atoms with Gasteiger partial charge < -0.3 is 11.1 Å². The van der Waals surface area contributed by atoms with Crippen LogP contribution >= 0.6 is 0 Å². The Bertz CT molecular complexity index is 325. The molecule has 0 aliphatic rings. The zero-order chi connectivity index (χ0) is 11.6. The van der Waals surface area contributed by atoms with Crippen molar-refractivity contribution in [1.29, 1.82) is 0 Å². The predicted octanol–water partition coefficient (Wildman–Crippen LogP) is 2.93. The second kappa shape index (κ2) is 4.23. The van der Waals surface area contributed by atoms with Crippen molar-refractivity contribution in [3.63, 3.8) is 0 Å². The van der Waals surface area contributed by atoms with Crippen molar-refractivity contribution < 1.29 is 0 Å². The minimum absolute atomic E-state index is 0.205. The first-order valence-electron chi connectivity index (χ1n) is 5.42. The highest BCUT2D eigenvalue weighted by atomic mass is 15.0. The van der Waals surface area contributed by atoms with Crippen LogP contribution in [0.25, 0.3) is 0 Å². The monoisotopic (exact) mass is 206 g/mol. The summed E-state index contributed by atoms with van der Waals surface area (Å²) in [5.74, 6) is 0. The number of aryl methyl sites for hydroxylation is 2. The topological polar surface area (TPSA) is 38.0 Å². The van der Waals surface area contributed by atoms with Gasteiger partial charge in [0.05, 0.1) is 6.67 Å². The molecule has 0 amide bonds. The highest BCUT2D eigenvalue weighted by Gasteiger charge is 2.15. The highest BCUT2D eigenvalue weighted by Crippen LogP contribution is 2.29. The molecule has 2 heteroatoms. The van der Waals surface area contributed by atoms with E-state index in [1.165, 1.54) is 22.4 Å². The minimum Gasteiger partial charge on any atom is -0.372 e. The summed E-state index contributed by atoms with van der Waals surface area (Å²) in [5.41, 5.74) is 10.8. The molecule has 1 aromatic carbocycles. The molecule has 0 radical (unpaired) electrons. The molecule has 84 valence electrons. The van der Waals surface area contributed by atoms with Gasteiger partial charge in [0.1, 0.15) is 0 Å². The number of hydrogen-bond donors (Lipinski definition) is 2. The van der Waals surface area contributed by atoms with Crippen molar-refractivity contribution in [3.8, 4) is 0 Å². The summed E-state index contributed by atoms with van der Waals surface area (Å²) in [7, 11) is 0. The Balaban J connectivity index is 3.19. The van der Waals surface area contributed by atoms with E-state index in [9.17, 15) is 0 Å². The molecular formula is C13H22N2. The number of nitrogens with two attached hydrogens (primary N) is 1. The van der Waals surface area contributed by atoms with E-state index in [4.69, 9.17) is 5.73 Å². The molecule has 0 unspecified atom stereocenters. The van der Waals surface area contributed by atoms with Crippen LogP contribution in [0.2, 0.25) is 0 Å². The molecule has 0 spiro atoms. The Hall–Kier alpha value is -1.02. The van der Waals surface area contributed by atoms with E-state index in [2.05, 4.69) is 52.1 Å². The summed E-state index contributed by atoms with van der Waals surface area (Å²) in [6.07, 6.45) is 0. The number of anilines is 1. The molecule has 0 atom stereocenters. The van der Waals surface area contributed by atoms with Crippen LogP contribution in [-0.4, -0.2) is 6.67 Å². The lowest BCUT2D eigenvalue weighted by Crippen LogP contribution is -2.15. The SMILES string of the molecule is Cc1cc(C(C)(C)C)cc(C)c1NCN. The standard InChI is InChI=1S/C13H22N2/c1-9-6-11(13(3,4)5)7-10(2)12(9)15-8-14/h6-7,15H,8,14H2,1-5H3. The summed E-state index contributed by atoms with van der Waals surface area (Å²) < 4.78 is 0. The smallest absolute Gasteiger partial charge is 0.0628 e. The second-order valence-electron chi connectivity index (χ2n) is 5.12. The quantitative estimate of drug-likeness (QED) is 0.730. The fourth-order valence-corrected chi connectivity index (χ4v) is 1.78. The Kier molecular flexibility index (Phi) is 3.40. The predicted molar refractivity (Wildman–Crippen MR) is 67.3 cm³/mol. The third-order valence-electron chi connectivity index (χ3n) is 2.68. The average Bonchev–Trinajstić information content (AvgIpc) is 2.09. The van der Waals surface area contributed by atoms with Crippen molar-refractivity contribution in [1.82, 2.24) is 0 Å². The third kappa shape index (κ3) is 2.72. The maximum absolute atomic E-state index is 5.51. The van der Waals surface area contributed by atoms with Gasteiger partial charge in [-0.05, 0) is 36.0 Å². The van der Waals surface area contributed by atoms with Gasteiger partial charge in [-0.2, -0.15) is 0 Å². The van der Waals surface area contributed by atoms with E-state index < -0.39 is 0 Å². The van der Waals surface area contributed by atoms with E-state index in [1.807, 2.05) is 0 Å². The first kappa shape index (κ1) is 12.1. The summed E-state index contributed by atoms with van der Waals surface area (Å²) in [6.45, 7) is 11.4. The normalized spacial score (nSPS) is 11.6. The van der Waals surface area contributed by atoms with Gasteiger partial charge in [0, 0.05) is 5.69 Å². The second-order valence-corrected chi connectivity index (χ2v) is 5.12. The van der Waals surface area contributed by atoms with Gasteiger partial charge in [-0.15, -0.1) is 0 Å². The Morgan fingerprint density at radius 2 is 1.60 bits per heavy atom. The van der Waals surface area contributed by atoms with Crippen molar-refractivity contribution in [2.75, 3.05) is 12.0 Å². The van der Waals surface area contributed by atoms with Crippen LogP contribution in [-0.2, 0) is 5.41 Å². The molecule has 2 nitrogen and oxygen atoms in total. The highest BCUT2D eigenvalue weighted by molar-refractivity contribution is 5.58. The minimum atomic E-state index is 0.205. The molecule has 0 saturated carbocycles. The van der Waals surface area contributed by atoms with Gasteiger partial charge >= 0.3 is 0 Å². The average molecular weight is 206 g/mol. The van der Waals surface area contributed by atoms with Gasteiger partial charge in [0.2, 0.25) is 0 Å². The maximum atomic E-state index is 5.51. The summed E-state index contributed by atoms with van der Waals surface area (Å²) in [5, 5.41) is 3.20. The molecule has 0 aromatic heterocycles. The molecule has 0 saturated heterocycles. The largest absolute Gasteiger partial charge is 0.372 e. The fourth-order valence-electron chi connectivity index (χ4n) is 1.78. The molecule has 1 aromatic rings. The summed E-state index contributed by atoms with van der Waals surface area (Å²) in [6, 6.07) is 4.48. The molecule has 0 aliphatic heterocycles. The van der Waals surface area contributed by atoms with E-state index >= 15 is 0 Å². The molecule has 15 heavy (non-hydrogen) atoms. The fraction of sp³-hybridized carbons (Fsp3) is 0.538. The van der Waals surface area contributed by atoms with Crippen LogP contribution in [0.3, 0.4) is 0 Å². The molecule has 0 heterocycles. The first-order valence-corrected chi connectivity index (χ1v) is 5.42. The third-order valence-corrected chi connectivity index (χ3v) is 2.68. The Morgan fingerprint density at radius 1 is 1.13 bits per heavy atom. The van der Waals surface area contributed by atoms with Crippen LogP contribution < -0.4 is 11.1 Å². The van der Waals surface area contributed by atoms with Crippen LogP contribution in [0.1, 0.15) is 37.5 Å². The number of benzene rings is 1. The van der Waals surface area contributed by atoms with Crippen LogP contribution in [0.15, 0.2) is 12.1 Å². The van der Waals surface area contributed by atoms with Crippen LogP contribution in [0.4, 0.5) is 5.69 Å². The van der Waals surface area contributed by atoms with Gasteiger partial charge in [0.15, 0.2) is 0 Å². The molecule has 0 aliphatic carbocycles. The molecule has 0 bridgehead atoms. The van der Waals surface area contributed by atoms with E-state index in [0.29, 0.717) is 6.67 Å². The van der Waals surface area contributed by atoms with Crippen molar-refractivity contribution in [2.45, 2.75) is 40.0 Å². The number of hydrogen-bond acceptors (Lipinski definition) is 2. The lowest BCUT2D eigenvalue weighted by molar-refractivity contribution is 0.589. The van der Waals surface area contributed by atoms with E-state index in [0.717, 1.165) is 0 Å². The van der Waals surface area contributed by atoms with E-state index in [-0.39, 0.29) is 5.41 Å². The zero-order valence-corrected chi connectivity index (χ0v) is 10.4. The molecular weight excluding hydrogens is 184 g/mol. The summed E-state index contributed by atoms with van der Waals surface area (Å²) in [4.78, 5) is 0. The maximum Gasteiger partial charge on any atom is 0.0628 e. The lowest BCUT2D eigenvalue weighted by Gasteiger charge is -2.22. The Morgan fingerprint density at radius 3 is 1.93 bits per heavy atom. The molecule has 1 rings (SSSR count). The van der Waals surface area contributed by atoms with Gasteiger partial charge in [-0.3, -0.25) is 0 Å². The molecule has 0 fully saturated rings. The van der Waals surface area contributed by atoms with E-state index in [1.54, 1.807) is 0 Å². The van der Waals surface area contributed by atoms with Crippen LogP contribution in [0, 0.1) is 13.8 Å². The van der Waals surface area contributed by atoms with Crippen molar-refractivity contribution in [2.24, 2.45) is 5.73 Å². The van der Waals surface area contributed by atoms with Gasteiger partial charge in [-0.1, -0.05) is 32.9 Å². The lowest BCUT2D eigenvalue weighted by atomic mass is 9.85. The zero-order valence-electron chi connectivity index (χ0n) is 10.4. The van der Waals surface area contributed by atoms with Gasteiger partial charge in [-0.25, -0.2) is 0 Å². The molecule has 3 N–H and O–H groups in total. The van der Waals surface area contributed by atoms with Gasteiger partial charge in [0.25, 0.3) is 0 Å². The van der Waals surface area contributed by atoms with Crippen molar-refractivity contribution in [3.05, 3.63) is 28.8 Å². The number of nitrogens with one attached hydrogen (secondary N) is 1. The van der Waals surface area contributed by atoms with Crippen molar-refractivity contribution >= 4 is 5.69 Å².